The van der Waals surface area contributed by atoms with Gasteiger partial charge in [0.2, 0.25) is 0 Å². The molecule has 0 amide bonds. The van der Waals surface area contributed by atoms with Gasteiger partial charge in [0.05, 0.1) is 0 Å². The van der Waals surface area contributed by atoms with Crippen LogP contribution in [0.5, 0.6) is 0 Å². The van der Waals surface area contributed by atoms with Crippen molar-refractivity contribution in [3.63, 3.8) is 0 Å². The van der Waals surface area contributed by atoms with Crippen molar-refractivity contribution in [1.82, 2.24) is 4.90 Å². The molecule has 84 valence electrons. The second-order valence-electron chi connectivity index (χ2n) is 3.95. The third-order valence-electron chi connectivity index (χ3n) is 2.70. The number of aryl methyl sites for hydroxylation is 1. The third kappa shape index (κ3) is 4.72. The molecule has 0 unspecified atom stereocenters. The summed E-state index contributed by atoms with van der Waals surface area (Å²) in [5.41, 5.74) is 2.85. The normalized spacial score (nSPS) is 10.9. The van der Waals surface area contributed by atoms with Crippen LogP contribution in [-0.2, 0) is 12.8 Å². The van der Waals surface area contributed by atoms with Crippen LogP contribution in [0.2, 0.25) is 0 Å². The van der Waals surface area contributed by atoms with E-state index in [0.717, 1.165) is 31.7 Å². The van der Waals surface area contributed by atoms with Crippen molar-refractivity contribution in [3.8, 4) is 0 Å². The standard InChI is InChI=1S/C13H21NS/c1-3-12-4-6-13(7-5-12)8-9-14(2)10-11-15/h4-7,15H,3,8-11H2,1-2H3. The van der Waals surface area contributed by atoms with Gasteiger partial charge in [0.15, 0.2) is 0 Å². The van der Waals surface area contributed by atoms with Gasteiger partial charge in [-0.15, -0.1) is 0 Å². The number of nitrogens with zero attached hydrogens (tertiary/aromatic N) is 1. The van der Waals surface area contributed by atoms with Gasteiger partial charge in [0, 0.05) is 18.8 Å². The van der Waals surface area contributed by atoms with Crippen LogP contribution in [-0.4, -0.2) is 30.8 Å². The van der Waals surface area contributed by atoms with Crippen LogP contribution in [0.15, 0.2) is 24.3 Å². The van der Waals surface area contributed by atoms with Gasteiger partial charge in [-0.2, -0.15) is 12.6 Å². The average Bonchev–Trinajstić information content (AvgIpc) is 2.27. The lowest BCUT2D eigenvalue weighted by Gasteiger charge is -2.14. The zero-order valence-electron chi connectivity index (χ0n) is 9.74. The summed E-state index contributed by atoms with van der Waals surface area (Å²) in [5.74, 6) is 0.936. The van der Waals surface area contributed by atoms with Crippen molar-refractivity contribution < 1.29 is 0 Å². The summed E-state index contributed by atoms with van der Waals surface area (Å²) in [7, 11) is 2.15. The van der Waals surface area contributed by atoms with E-state index in [-0.39, 0.29) is 0 Å². The first-order valence-electron chi connectivity index (χ1n) is 5.63. The molecule has 0 aliphatic rings. The Labute approximate surface area is 98.9 Å². The molecule has 0 aliphatic carbocycles. The summed E-state index contributed by atoms with van der Waals surface area (Å²) >= 11 is 4.22. The molecule has 0 fully saturated rings. The van der Waals surface area contributed by atoms with Crippen LogP contribution >= 0.6 is 12.6 Å². The molecule has 1 nitrogen and oxygen atoms in total. The zero-order chi connectivity index (χ0) is 11.1. The van der Waals surface area contributed by atoms with Crippen LogP contribution in [0.25, 0.3) is 0 Å². The highest BCUT2D eigenvalue weighted by Gasteiger charge is 1.98. The Balaban J connectivity index is 2.37. The van der Waals surface area contributed by atoms with E-state index in [0.29, 0.717) is 0 Å². The second kappa shape index (κ2) is 6.91. The largest absolute Gasteiger partial charge is 0.305 e. The van der Waals surface area contributed by atoms with E-state index in [1.807, 2.05) is 0 Å². The molecule has 0 radical (unpaired) electrons. The number of thiol groups is 1. The molecule has 15 heavy (non-hydrogen) atoms. The molecule has 0 atom stereocenters. The van der Waals surface area contributed by atoms with Gasteiger partial charge in [-0.05, 0) is 31.0 Å². The lowest BCUT2D eigenvalue weighted by molar-refractivity contribution is 0.361. The average molecular weight is 223 g/mol. The first-order valence-corrected chi connectivity index (χ1v) is 6.26. The van der Waals surface area contributed by atoms with Gasteiger partial charge in [-0.25, -0.2) is 0 Å². The molecular formula is C13H21NS. The Bertz CT molecular complexity index is 268. The van der Waals surface area contributed by atoms with Crippen LogP contribution < -0.4 is 0 Å². The van der Waals surface area contributed by atoms with Gasteiger partial charge in [-0.3, -0.25) is 0 Å². The summed E-state index contributed by atoms with van der Waals surface area (Å²) in [6, 6.07) is 8.95. The molecule has 0 aromatic heterocycles. The van der Waals surface area contributed by atoms with E-state index in [9.17, 15) is 0 Å². The summed E-state index contributed by atoms with van der Waals surface area (Å²) in [6.07, 6.45) is 2.26. The van der Waals surface area contributed by atoms with E-state index in [4.69, 9.17) is 0 Å². The lowest BCUT2D eigenvalue weighted by Crippen LogP contribution is -2.23. The van der Waals surface area contributed by atoms with Gasteiger partial charge in [-0.1, -0.05) is 31.2 Å². The predicted octanol–water partition coefficient (Wildman–Crippen LogP) is 2.65. The van der Waals surface area contributed by atoms with E-state index in [1.165, 1.54) is 11.1 Å². The van der Waals surface area contributed by atoms with E-state index in [2.05, 4.69) is 55.8 Å². The minimum Gasteiger partial charge on any atom is -0.305 e. The Hall–Kier alpha value is -0.470. The molecule has 1 rings (SSSR count). The summed E-state index contributed by atoms with van der Waals surface area (Å²) in [4.78, 5) is 2.32. The Kier molecular flexibility index (Phi) is 5.81. The highest BCUT2D eigenvalue weighted by atomic mass is 32.1. The molecule has 1 aromatic rings. The topological polar surface area (TPSA) is 3.24 Å². The van der Waals surface area contributed by atoms with Crippen LogP contribution in [0, 0.1) is 0 Å². The fourth-order valence-corrected chi connectivity index (χ4v) is 1.89. The highest BCUT2D eigenvalue weighted by Crippen LogP contribution is 2.06. The fraction of sp³-hybridized carbons (Fsp3) is 0.538. The minimum absolute atomic E-state index is 0.936. The third-order valence-corrected chi connectivity index (χ3v) is 2.90. The van der Waals surface area contributed by atoms with Crippen LogP contribution in [0.4, 0.5) is 0 Å². The van der Waals surface area contributed by atoms with Crippen LogP contribution in [0.1, 0.15) is 18.1 Å². The van der Waals surface area contributed by atoms with E-state index in [1.54, 1.807) is 0 Å². The first kappa shape index (κ1) is 12.6. The van der Waals surface area contributed by atoms with Crippen molar-refractivity contribution in [2.45, 2.75) is 19.8 Å². The Morgan fingerprint density at radius 2 is 1.67 bits per heavy atom. The van der Waals surface area contributed by atoms with Gasteiger partial charge in [0.1, 0.15) is 0 Å². The quantitative estimate of drug-likeness (QED) is 0.726. The first-order chi connectivity index (χ1) is 7.26. The van der Waals surface area contributed by atoms with Crippen molar-refractivity contribution in [2.75, 3.05) is 25.9 Å². The van der Waals surface area contributed by atoms with Crippen molar-refractivity contribution in [1.29, 1.82) is 0 Å². The van der Waals surface area contributed by atoms with Crippen molar-refractivity contribution >= 4 is 12.6 Å². The van der Waals surface area contributed by atoms with Crippen molar-refractivity contribution in [2.24, 2.45) is 0 Å². The van der Waals surface area contributed by atoms with Crippen LogP contribution in [0.3, 0.4) is 0 Å². The number of hydrogen-bond donors (Lipinski definition) is 1. The molecule has 0 aliphatic heterocycles. The molecule has 0 heterocycles. The van der Waals surface area contributed by atoms with Crippen molar-refractivity contribution in [3.05, 3.63) is 35.4 Å². The van der Waals surface area contributed by atoms with E-state index < -0.39 is 0 Å². The molecular weight excluding hydrogens is 202 g/mol. The number of benzene rings is 1. The fourth-order valence-electron chi connectivity index (χ4n) is 1.54. The number of rotatable bonds is 6. The Morgan fingerprint density at radius 3 is 2.20 bits per heavy atom. The summed E-state index contributed by atoms with van der Waals surface area (Å²) < 4.78 is 0. The zero-order valence-corrected chi connectivity index (χ0v) is 10.6. The van der Waals surface area contributed by atoms with E-state index >= 15 is 0 Å². The maximum atomic E-state index is 4.22. The Morgan fingerprint density at radius 1 is 1.07 bits per heavy atom. The number of hydrogen-bond acceptors (Lipinski definition) is 2. The second-order valence-corrected chi connectivity index (χ2v) is 4.39. The molecule has 2 heteroatoms. The molecule has 0 saturated carbocycles. The van der Waals surface area contributed by atoms with Gasteiger partial charge < -0.3 is 4.90 Å². The maximum Gasteiger partial charge on any atom is 0.00669 e. The summed E-state index contributed by atoms with van der Waals surface area (Å²) in [6.45, 7) is 4.37. The predicted molar refractivity (Wildman–Crippen MR) is 70.9 cm³/mol. The molecule has 0 spiro atoms. The molecule has 0 N–H and O–H groups in total. The number of likely N-dealkylation sites (N-methyl/N-ethyl adjacent to an activating group) is 1. The minimum atomic E-state index is 0.936. The molecule has 0 saturated heterocycles. The maximum absolute atomic E-state index is 4.22. The van der Waals surface area contributed by atoms with Gasteiger partial charge in [0.25, 0.3) is 0 Å². The lowest BCUT2D eigenvalue weighted by atomic mass is 10.1. The highest BCUT2D eigenvalue weighted by molar-refractivity contribution is 7.80. The SMILES string of the molecule is CCc1ccc(CCN(C)CCS)cc1. The smallest absolute Gasteiger partial charge is 0.00669 e. The molecule has 0 bridgehead atoms. The van der Waals surface area contributed by atoms with Gasteiger partial charge >= 0.3 is 0 Å². The summed E-state index contributed by atoms with van der Waals surface area (Å²) in [5, 5.41) is 0. The monoisotopic (exact) mass is 223 g/mol. The molecule has 1 aromatic carbocycles.